The number of aliphatic hydroxyl groups is 1. The van der Waals surface area contributed by atoms with Crippen molar-refractivity contribution in [3.63, 3.8) is 0 Å². The van der Waals surface area contributed by atoms with Crippen molar-refractivity contribution >= 4 is 0 Å². The van der Waals surface area contributed by atoms with Crippen molar-refractivity contribution in [1.82, 2.24) is 4.98 Å². The number of pyridine rings is 1. The van der Waals surface area contributed by atoms with Gasteiger partial charge in [-0.1, -0.05) is 6.07 Å². The summed E-state index contributed by atoms with van der Waals surface area (Å²) in [5.74, 6) is 0. The number of halogens is 3. The highest BCUT2D eigenvalue weighted by atomic mass is 19.4. The number of nitrogens with zero attached hydrogens (tertiary/aromatic N) is 1. The lowest BCUT2D eigenvalue weighted by Crippen LogP contribution is -2.08. The van der Waals surface area contributed by atoms with E-state index < -0.39 is 18.0 Å². The van der Waals surface area contributed by atoms with Crippen molar-refractivity contribution in [2.24, 2.45) is 0 Å². The molecule has 1 unspecified atom stereocenters. The summed E-state index contributed by atoms with van der Waals surface area (Å²) >= 11 is 0. The van der Waals surface area contributed by atoms with Crippen LogP contribution in [0.25, 0.3) is 0 Å². The van der Waals surface area contributed by atoms with E-state index in [-0.39, 0.29) is 0 Å². The molecular formula is C10H12F3NO. The Morgan fingerprint density at radius 3 is 2.47 bits per heavy atom. The van der Waals surface area contributed by atoms with E-state index in [1.807, 2.05) is 0 Å². The molecule has 1 heterocycles. The molecule has 0 bridgehead atoms. The molecule has 1 aromatic rings. The molecule has 0 saturated carbocycles. The molecule has 0 aliphatic carbocycles. The van der Waals surface area contributed by atoms with Crippen LogP contribution in [0.1, 0.15) is 24.6 Å². The molecule has 0 fully saturated rings. The minimum absolute atomic E-state index is 0.452. The van der Waals surface area contributed by atoms with Gasteiger partial charge in [0.05, 0.1) is 6.10 Å². The van der Waals surface area contributed by atoms with Crippen LogP contribution in [0.5, 0.6) is 0 Å². The van der Waals surface area contributed by atoms with Gasteiger partial charge in [0.25, 0.3) is 0 Å². The van der Waals surface area contributed by atoms with Crippen LogP contribution in [-0.2, 0) is 12.6 Å². The van der Waals surface area contributed by atoms with Gasteiger partial charge in [0.15, 0.2) is 0 Å². The Kier molecular flexibility index (Phi) is 3.68. The predicted molar refractivity (Wildman–Crippen MR) is 49.2 cm³/mol. The topological polar surface area (TPSA) is 33.1 Å². The van der Waals surface area contributed by atoms with E-state index in [1.54, 1.807) is 6.92 Å². The number of aryl methyl sites for hydroxylation is 1. The number of alkyl halides is 3. The Hall–Kier alpha value is -1.10. The smallest absolute Gasteiger partial charge is 0.393 e. The minimum atomic E-state index is -4.39. The number of aliphatic hydroxyl groups excluding tert-OH is 1. The summed E-state index contributed by atoms with van der Waals surface area (Å²) in [5.41, 5.74) is -0.188. The summed E-state index contributed by atoms with van der Waals surface area (Å²) < 4.78 is 36.4. The van der Waals surface area contributed by atoms with Gasteiger partial charge >= 0.3 is 6.18 Å². The molecule has 0 amide bonds. The lowest BCUT2D eigenvalue weighted by Gasteiger charge is -2.07. The van der Waals surface area contributed by atoms with E-state index in [2.05, 4.69) is 4.98 Å². The summed E-state index contributed by atoms with van der Waals surface area (Å²) in [6.45, 7) is 1.64. The van der Waals surface area contributed by atoms with Crippen LogP contribution in [0, 0.1) is 0 Å². The van der Waals surface area contributed by atoms with Crippen molar-refractivity contribution in [3.8, 4) is 0 Å². The highest BCUT2D eigenvalue weighted by Crippen LogP contribution is 2.27. The maximum absolute atomic E-state index is 12.1. The van der Waals surface area contributed by atoms with Crippen molar-refractivity contribution in [3.05, 3.63) is 29.6 Å². The average molecular weight is 219 g/mol. The summed E-state index contributed by atoms with van der Waals surface area (Å²) in [5, 5.41) is 9.00. The summed E-state index contributed by atoms with van der Waals surface area (Å²) in [4.78, 5) is 3.32. The van der Waals surface area contributed by atoms with Gasteiger partial charge in [0, 0.05) is 6.20 Å². The summed E-state index contributed by atoms with van der Waals surface area (Å²) in [7, 11) is 0. The third-order valence-corrected chi connectivity index (χ3v) is 1.97. The Morgan fingerprint density at radius 2 is 2.07 bits per heavy atom. The quantitative estimate of drug-likeness (QED) is 0.846. The fourth-order valence-electron chi connectivity index (χ4n) is 1.12. The minimum Gasteiger partial charge on any atom is -0.393 e. The van der Waals surface area contributed by atoms with Gasteiger partial charge < -0.3 is 5.11 Å². The second kappa shape index (κ2) is 4.61. The molecule has 1 rings (SSSR count). The van der Waals surface area contributed by atoms with Crippen LogP contribution < -0.4 is 0 Å². The maximum atomic E-state index is 12.1. The molecule has 0 spiro atoms. The zero-order valence-corrected chi connectivity index (χ0v) is 8.25. The Labute approximate surface area is 85.8 Å². The van der Waals surface area contributed by atoms with Gasteiger partial charge in [-0.05, 0) is 31.4 Å². The van der Waals surface area contributed by atoms with Crippen molar-refractivity contribution < 1.29 is 18.3 Å². The fraction of sp³-hybridized carbons (Fsp3) is 0.500. The highest BCUT2D eigenvalue weighted by Gasteiger charge is 2.31. The van der Waals surface area contributed by atoms with Crippen molar-refractivity contribution in [2.75, 3.05) is 0 Å². The zero-order chi connectivity index (χ0) is 11.5. The molecule has 2 nitrogen and oxygen atoms in total. The zero-order valence-electron chi connectivity index (χ0n) is 8.25. The monoisotopic (exact) mass is 219 g/mol. The lowest BCUT2D eigenvalue weighted by atomic mass is 10.1. The third kappa shape index (κ3) is 3.87. The Morgan fingerprint density at radius 1 is 1.40 bits per heavy atom. The Bertz CT molecular complexity index is 305. The maximum Gasteiger partial charge on any atom is 0.433 e. The molecule has 1 N–H and O–H groups in total. The highest BCUT2D eigenvalue weighted by molar-refractivity contribution is 5.16. The van der Waals surface area contributed by atoms with Crippen molar-refractivity contribution in [1.29, 1.82) is 0 Å². The van der Waals surface area contributed by atoms with E-state index >= 15 is 0 Å². The standard InChI is InChI=1S/C10H12F3NO/c1-7(15)2-3-8-4-5-9(14-6-8)10(11,12)13/h4-7,15H,2-3H2,1H3. The van der Waals surface area contributed by atoms with Crippen molar-refractivity contribution in [2.45, 2.75) is 32.0 Å². The molecule has 15 heavy (non-hydrogen) atoms. The molecule has 0 saturated heterocycles. The molecule has 84 valence electrons. The van der Waals surface area contributed by atoms with Gasteiger partial charge in [-0.3, -0.25) is 4.98 Å². The van der Waals surface area contributed by atoms with Crippen LogP contribution in [0.2, 0.25) is 0 Å². The average Bonchev–Trinajstić information content (AvgIpc) is 2.14. The second-order valence-corrected chi connectivity index (χ2v) is 3.44. The third-order valence-electron chi connectivity index (χ3n) is 1.97. The van der Waals surface area contributed by atoms with Crippen LogP contribution in [0.15, 0.2) is 18.3 Å². The summed E-state index contributed by atoms with van der Waals surface area (Å²) in [6, 6.07) is 2.34. The molecule has 0 radical (unpaired) electrons. The lowest BCUT2D eigenvalue weighted by molar-refractivity contribution is -0.141. The van der Waals surface area contributed by atoms with E-state index in [9.17, 15) is 13.2 Å². The molecular weight excluding hydrogens is 207 g/mol. The first-order valence-corrected chi connectivity index (χ1v) is 4.60. The first kappa shape index (κ1) is 12.0. The first-order chi connectivity index (χ1) is 6.89. The van der Waals surface area contributed by atoms with E-state index in [0.717, 1.165) is 6.07 Å². The fourth-order valence-corrected chi connectivity index (χ4v) is 1.12. The van der Waals surface area contributed by atoms with Crippen LogP contribution >= 0.6 is 0 Å². The number of aromatic nitrogens is 1. The van der Waals surface area contributed by atoms with Gasteiger partial charge in [-0.2, -0.15) is 13.2 Å². The number of hydrogen-bond donors (Lipinski definition) is 1. The molecule has 1 atom stereocenters. The van der Waals surface area contributed by atoms with Crippen LogP contribution in [-0.4, -0.2) is 16.2 Å². The molecule has 1 aromatic heterocycles. The number of hydrogen-bond acceptors (Lipinski definition) is 2. The molecule has 0 aromatic carbocycles. The predicted octanol–water partition coefficient (Wildman–Crippen LogP) is 2.41. The van der Waals surface area contributed by atoms with Gasteiger partial charge in [-0.15, -0.1) is 0 Å². The van der Waals surface area contributed by atoms with E-state index in [1.165, 1.54) is 12.3 Å². The molecule has 0 aliphatic rings. The van der Waals surface area contributed by atoms with Gasteiger partial charge in [0.1, 0.15) is 5.69 Å². The summed E-state index contributed by atoms with van der Waals surface area (Å²) in [6.07, 6.45) is -2.59. The normalized spacial score (nSPS) is 13.9. The van der Waals surface area contributed by atoms with Crippen LogP contribution in [0.4, 0.5) is 13.2 Å². The van der Waals surface area contributed by atoms with E-state index in [4.69, 9.17) is 5.11 Å². The van der Waals surface area contributed by atoms with E-state index in [0.29, 0.717) is 18.4 Å². The Balaban J connectivity index is 2.65. The van der Waals surface area contributed by atoms with Crippen LogP contribution in [0.3, 0.4) is 0 Å². The van der Waals surface area contributed by atoms with Gasteiger partial charge in [-0.25, -0.2) is 0 Å². The van der Waals surface area contributed by atoms with Gasteiger partial charge in [0.2, 0.25) is 0 Å². The largest absolute Gasteiger partial charge is 0.433 e. The first-order valence-electron chi connectivity index (χ1n) is 4.60. The SMILES string of the molecule is CC(O)CCc1ccc(C(F)(F)F)nc1. The second-order valence-electron chi connectivity index (χ2n) is 3.44. The molecule has 5 heteroatoms. The molecule has 0 aliphatic heterocycles. The number of rotatable bonds is 3.